The molecule has 2 rings (SSSR count). The number of benzene rings is 1. The molecule has 0 radical (unpaired) electrons. The van der Waals surface area contributed by atoms with Gasteiger partial charge >= 0.3 is 0 Å². The summed E-state index contributed by atoms with van der Waals surface area (Å²) < 4.78 is 5.12. The van der Waals surface area contributed by atoms with Crippen LogP contribution in [-0.4, -0.2) is 35.4 Å². The second-order valence-corrected chi connectivity index (χ2v) is 4.66. The monoisotopic (exact) mass is 252 g/mol. The van der Waals surface area contributed by atoms with Crippen LogP contribution in [0.5, 0.6) is 0 Å². The van der Waals surface area contributed by atoms with Crippen molar-refractivity contribution in [1.29, 1.82) is 0 Å². The molecule has 0 saturated carbocycles. The van der Waals surface area contributed by atoms with Crippen molar-refractivity contribution in [2.45, 2.75) is 18.9 Å². The molecule has 1 heterocycles. The lowest BCUT2D eigenvalue weighted by Gasteiger charge is -2.21. The minimum atomic E-state index is -0.932. The van der Waals surface area contributed by atoms with Crippen LogP contribution in [0.2, 0.25) is 0 Å². The van der Waals surface area contributed by atoms with E-state index in [1.165, 1.54) is 6.07 Å². The van der Waals surface area contributed by atoms with Crippen molar-refractivity contribution in [3.8, 4) is 0 Å². The number of rotatable bonds is 4. The largest absolute Gasteiger partial charge is 0.386 e. The quantitative estimate of drug-likeness (QED) is 0.626. The van der Waals surface area contributed by atoms with Crippen LogP contribution in [0.25, 0.3) is 0 Å². The third-order valence-corrected chi connectivity index (χ3v) is 3.04. The van der Waals surface area contributed by atoms with Crippen molar-refractivity contribution in [3.63, 3.8) is 0 Å². The average molecular weight is 252 g/mol. The fraction of sp³-hybridized carbons (Fsp3) is 0.500. The Hall–Kier alpha value is -1.66. The van der Waals surface area contributed by atoms with E-state index in [0.29, 0.717) is 18.7 Å². The summed E-state index contributed by atoms with van der Waals surface area (Å²) in [6, 6.07) is 4.97. The summed E-state index contributed by atoms with van der Waals surface area (Å²) in [7, 11) is 0. The molecule has 2 N–H and O–H groups in total. The molecular weight excluding hydrogens is 236 g/mol. The molecule has 6 heteroatoms. The predicted molar refractivity (Wildman–Crippen MR) is 66.7 cm³/mol. The van der Waals surface area contributed by atoms with Crippen molar-refractivity contribution in [1.82, 2.24) is 0 Å². The molecule has 1 atom stereocenters. The van der Waals surface area contributed by atoms with Gasteiger partial charge in [-0.25, -0.2) is 0 Å². The van der Waals surface area contributed by atoms with E-state index in [4.69, 9.17) is 4.74 Å². The van der Waals surface area contributed by atoms with Gasteiger partial charge in [0.1, 0.15) is 11.3 Å². The van der Waals surface area contributed by atoms with E-state index in [0.717, 1.165) is 5.56 Å². The third kappa shape index (κ3) is 2.77. The molecule has 0 aromatic heterocycles. The Morgan fingerprint density at radius 3 is 3.00 bits per heavy atom. The molecule has 1 aliphatic rings. The van der Waals surface area contributed by atoms with Crippen molar-refractivity contribution in [2.75, 3.05) is 25.1 Å². The zero-order chi connectivity index (χ0) is 13.2. The van der Waals surface area contributed by atoms with Gasteiger partial charge in [-0.2, -0.15) is 0 Å². The SMILES string of the molecule is Cc1ccc(NCC2(O)CCOC2)c([N+](=O)[O-])c1. The number of hydrogen-bond acceptors (Lipinski definition) is 5. The topological polar surface area (TPSA) is 84.6 Å². The van der Waals surface area contributed by atoms with E-state index >= 15 is 0 Å². The molecule has 98 valence electrons. The molecule has 6 nitrogen and oxygen atoms in total. The minimum Gasteiger partial charge on any atom is -0.386 e. The smallest absolute Gasteiger partial charge is 0.292 e. The number of nitrogens with zero attached hydrogens (tertiary/aromatic N) is 1. The van der Waals surface area contributed by atoms with Crippen molar-refractivity contribution in [3.05, 3.63) is 33.9 Å². The van der Waals surface area contributed by atoms with Crippen molar-refractivity contribution < 1.29 is 14.8 Å². The summed E-state index contributed by atoms with van der Waals surface area (Å²) in [6.07, 6.45) is 0.541. The van der Waals surface area contributed by atoms with Gasteiger partial charge in [-0.05, 0) is 18.6 Å². The van der Waals surface area contributed by atoms with Crippen LogP contribution in [0, 0.1) is 17.0 Å². The first-order valence-electron chi connectivity index (χ1n) is 5.79. The fourth-order valence-electron chi connectivity index (χ4n) is 1.94. The zero-order valence-electron chi connectivity index (χ0n) is 10.2. The van der Waals surface area contributed by atoms with Gasteiger partial charge in [0.25, 0.3) is 5.69 Å². The van der Waals surface area contributed by atoms with E-state index in [-0.39, 0.29) is 18.8 Å². The highest BCUT2D eigenvalue weighted by molar-refractivity contribution is 5.62. The second kappa shape index (κ2) is 4.91. The van der Waals surface area contributed by atoms with Crippen LogP contribution in [0.15, 0.2) is 18.2 Å². The molecule has 1 aliphatic heterocycles. The molecule has 0 aliphatic carbocycles. The van der Waals surface area contributed by atoms with E-state index in [9.17, 15) is 15.2 Å². The summed E-state index contributed by atoms with van der Waals surface area (Å²) in [5.41, 5.74) is 0.345. The first kappa shape index (κ1) is 12.8. The number of aliphatic hydroxyl groups is 1. The Morgan fingerprint density at radius 2 is 2.39 bits per heavy atom. The molecule has 1 fully saturated rings. The predicted octanol–water partition coefficient (Wildman–Crippen LogP) is 1.47. The van der Waals surface area contributed by atoms with Gasteiger partial charge in [-0.1, -0.05) is 6.07 Å². The molecule has 1 aromatic carbocycles. The fourth-order valence-corrected chi connectivity index (χ4v) is 1.94. The number of aryl methyl sites for hydroxylation is 1. The molecule has 1 saturated heterocycles. The number of anilines is 1. The van der Waals surface area contributed by atoms with Crippen molar-refractivity contribution in [2.24, 2.45) is 0 Å². The third-order valence-electron chi connectivity index (χ3n) is 3.04. The van der Waals surface area contributed by atoms with Gasteiger partial charge in [0, 0.05) is 25.6 Å². The number of ether oxygens (including phenoxy) is 1. The maximum atomic E-state index is 10.9. The first-order valence-corrected chi connectivity index (χ1v) is 5.79. The van der Waals surface area contributed by atoms with E-state index in [2.05, 4.69) is 5.32 Å². The Kier molecular flexibility index (Phi) is 3.49. The average Bonchev–Trinajstić information content (AvgIpc) is 2.75. The molecular formula is C12H16N2O4. The molecule has 0 bridgehead atoms. The number of nitro groups is 1. The number of nitro benzene ring substituents is 1. The second-order valence-electron chi connectivity index (χ2n) is 4.66. The van der Waals surface area contributed by atoms with Crippen LogP contribution >= 0.6 is 0 Å². The van der Waals surface area contributed by atoms with Gasteiger partial charge in [-0.3, -0.25) is 10.1 Å². The summed E-state index contributed by atoms with van der Waals surface area (Å²) >= 11 is 0. The van der Waals surface area contributed by atoms with E-state index in [1.54, 1.807) is 19.1 Å². The lowest BCUT2D eigenvalue weighted by atomic mass is 10.0. The van der Waals surface area contributed by atoms with Crippen LogP contribution in [0.1, 0.15) is 12.0 Å². The molecule has 0 spiro atoms. The van der Waals surface area contributed by atoms with Gasteiger partial charge < -0.3 is 15.2 Å². The van der Waals surface area contributed by atoms with E-state index < -0.39 is 10.5 Å². The van der Waals surface area contributed by atoms with Crippen molar-refractivity contribution >= 4 is 11.4 Å². The number of hydrogen-bond donors (Lipinski definition) is 2. The normalized spacial score (nSPS) is 23.0. The molecule has 1 aromatic rings. The summed E-state index contributed by atoms with van der Waals surface area (Å²) in [4.78, 5) is 10.5. The maximum absolute atomic E-state index is 10.9. The molecule has 1 unspecified atom stereocenters. The Balaban J connectivity index is 2.11. The highest BCUT2D eigenvalue weighted by atomic mass is 16.6. The lowest BCUT2D eigenvalue weighted by Crippen LogP contribution is -2.37. The summed E-state index contributed by atoms with van der Waals surface area (Å²) in [6.45, 7) is 2.83. The highest BCUT2D eigenvalue weighted by Crippen LogP contribution is 2.27. The van der Waals surface area contributed by atoms with Gasteiger partial charge in [-0.15, -0.1) is 0 Å². The summed E-state index contributed by atoms with van der Waals surface area (Å²) in [5.74, 6) is 0. The van der Waals surface area contributed by atoms with E-state index in [1.807, 2.05) is 0 Å². The number of nitrogens with one attached hydrogen (secondary N) is 1. The maximum Gasteiger partial charge on any atom is 0.292 e. The zero-order valence-corrected chi connectivity index (χ0v) is 10.2. The first-order chi connectivity index (χ1) is 8.50. The van der Waals surface area contributed by atoms with Crippen LogP contribution in [-0.2, 0) is 4.74 Å². The highest BCUT2D eigenvalue weighted by Gasteiger charge is 2.32. The Morgan fingerprint density at radius 1 is 1.61 bits per heavy atom. The molecule has 0 amide bonds. The van der Waals surface area contributed by atoms with Gasteiger partial charge in [0.15, 0.2) is 0 Å². The molecule has 18 heavy (non-hydrogen) atoms. The van der Waals surface area contributed by atoms with Gasteiger partial charge in [0.2, 0.25) is 0 Å². The van der Waals surface area contributed by atoms with Gasteiger partial charge in [0.05, 0.1) is 11.5 Å². The van der Waals surface area contributed by atoms with Crippen LogP contribution in [0.4, 0.5) is 11.4 Å². The van der Waals surface area contributed by atoms with Crippen LogP contribution in [0.3, 0.4) is 0 Å². The van der Waals surface area contributed by atoms with Crippen LogP contribution < -0.4 is 5.32 Å². The minimum absolute atomic E-state index is 0.0255. The lowest BCUT2D eigenvalue weighted by molar-refractivity contribution is -0.384. The summed E-state index contributed by atoms with van der Waals surface area (Å²) in [5, 5.41) is 23.9. The Labute approximate surface area is 105 Å². The standard InChI is InChI=1S/C12H16N2O4/c1-9-2-3-10(11(6-9)14(16)17)13-7-12(15)4-5-18-8-12/h2-3,6,13,15H,4-5,7-8H2,1H3. The Bertz CT molecular complexity index is 455.